The van der Waals surface area contributed by atoms with Gasteiger partial charge in [0.15, 0.2) is 0 Å². The average molecular weight is 278 g/mol. The van der Waals surface area contributed by atoms with Gasteiger partial charge in [0.2, 0.25) is 0 Å². The van der Waals surface area contributed by atoms with E-state index in [0.29, 0.717) is 19.7 Å². The van der Waals surface area contributed by atoms with Gasteiger partial charge in [0, 0.05) is 5.56 Å². The van der Waals surface area contributed by atoms with E-state index in [1.807, 2.05) is 24.3 Å². The van der Waals surface area contributed by atoms with Crippen molar-refractivity contribution < 1.29 is 19.4 Å². The van der Waals surface area contributed by atoms with Crippen LogP contribution < -0.4 is 10.1 Å². The van der Waals surface area contributed by atoms with Crippen LogP contribution in [0.5, 0.6) is 5.75 Å². The molecule has 0 aliphatic carbocycles. The number of para-hydroxylation sites is 1. The zero-order valence-electron chi connectivity index (χ0n) is 11.5. The highest BCUT2D eigenvalue weighted by molar-refractivity contribution is 5.85. The fourth-order valence-electron chi connectivity index (χ4n) is 1.90. The maximum absolute atomic E-state index is 12.2. The second-order valence-electron chi connectivity index (χ2n) is 5.24. The van der Waals surface area contributed by atoms with Gasteiger partial charge in [-0.1, -0.05) is 18.2 Å². The molecule has 1 heterocycles. The van der Waals surface area contributed by atoms with Crippen LogP contribution in [-0.4, -0.2) is 40.7 Å². The van der Waals surface area contributed by atoms with Crippen LogP contribution in [0.3, 0.4) is 0 Å². The Morgan fingerprint density at radius 1 is 1.35 bits per heavy atom. The molecule has 1 aliphatic heterocycles. The summed E-state index contributed by atoms with van der Waals surface area (Å²) in [5, 5.41) is 11.6. The molecule has 1 aliphatic rings. The normalized spacial score (nSPS) is 14.8. The SMILES string of the molecule is CC(C)(NC(=O)N1CCOc2ccccc2C1)C(=O)O. The molecular weight excluding hydrogens is 260 g/mol. The van der Waals surface area contributed by atoms with E-state index in [9.17, 15) is 9.59 Å². The largest absolute Gasteiger partial charge is 0.491 e. The lowest BCUT2D eigenvalue weighted by molar-refractivity contribution is -0.143. The lowest BCUT2D eigenvalue weighted by Gasteiger charge is -2.27. The molecule has 2 amide bonds. The molecule has 0 saturated carbocycles. The lowest BCUT2D eigenvalue weighted by Crippen LogP contribution is -2.54. The van der Waals surface area contributed by atoms with Crippen LogP contribution in [0.1, 0.15) is 19.4 Å². The fourth-order valence-corrected chi connectivity index (χ4v) is 1.90. The first-order valence-corrected chi connectivity index (χ1v) is 6.41. The number of hydrogen-bond donors (Lipinski definition) is 2. The number of urea groups is 1. The Hall–Kier alpha value is -2.24. The second kappa shape index (κ2) is 5.40. The van der Waals surface area contributed by atoms with E-state index in [1.54, 1.807) is 4.90 Å². The number of benzene rings is 1. The van der Waals surface area contributed by atoms with Crippen molar-refractivity contribution in [3.05, 3.63) is 29.8 Å². The van der Waals surface area contributed by atoms with E-state index in [0.717, 1.165) is 11.3 Å². The molecule has 0 atom stereocenters. The van der Waals surface area contributed by atoms with E-state index < -0.39 is 17.5 Å². The summed E-state index contributed by atoms with van der Waals surface area (Å²) >= 11 is 0. The summed E-state index contributed by atoms with van der Waals surface area (Å²) in [7, 11) is 0. The fraction of sp³-hybridized carbons (Fsp3) is 0.429. The predicted octanol–water partition coefficient (Wildman–Crippen LogP) is 1.45. The van der Waals surface area contributed by atoms with E-state index >= 15 is 0 Å². The summed E-state index contributed by atoms with van der Waals surface area (Å²) in [6, 6.07) is 7.10. The number of carbonyl (C=O) groups is 2. The molecule has 0 saturated heterocycles. The summed E-state index contributed by atoms with van der Waals surface area (Å²) in [6.07, 6.45) is 0. The molecule has 6 heteroatoms. The van der Waals surface area contributed by atoms with Crippen molar-refractivity contribution in [3.63, 3.8) is 0 Å². The van der Waals surface area contributed by atoms with Crippen molar-refractivity contribution >= 4 is 12.0 Å². The van der Waals surface area contributed by atoms with Crippen molar-refractivity contribution in [1.29, 1.82) is 0 Å². The summed E-state index contributed by atoms with van der Waals surface area (Å²) < 4.78 is 5.57. The Kier molecular flexibility index (Phi) is 3.83. The molecule has 108 valence electrons. The van der Waals surface area contributed by atoms with Crippen LogP contribution in [0.4, 0.5) is 4.79 Å². The van der Waals surface area contributed by atoms with E-state index in [1.165, 1.54) is 13.8 Å². The zero-order chi connectivity index (χ0) is 14.8. The monoisotopic (exact) mass is 278 g/mol. The molecule has 0 radical (unpaired) electrons. The number of carboxylic acid groups (broad SMARTS) is 1. The first kappa shape index (κ1) is 14.2. The molecule has 2 rings (SSSR count). The predicted molar refractivity (Wildman–Crippen MR) is 72.6 cm³/mol. The maximum Gasteiger partial charge on any atom is 0.328 e. The molecule has 0 fully saturated rings. The van der Waals surface area contributed by atoms with Gasteiger partial charge in [-0.3, -0.25) is 0 Å². The van der Waals surface area contributed by atoms with Gasteiger partial charge in [-0.25, -0.2) is 9.59 Å². The third-order valence-electron chi connectivity index (χ3n) is 3.19. The minimum Gasteiger partial charge on any atom is -0.491 e. The molecule has 1 aromatic rings. The minimum atomic E-state index is -1.30. The first-order valence-electron chi connectivity index (χ1n) is 6.41. The highest BCUT2D eigenvalue weighted by Gasteiger charge is 2.31. The molecule has 20 heavy (non-hydrogen) atoms. The highest BCUT2D eigenvalue weighted by atomic mass is 16.5. The van der Waals surface area contributed by atoms with Crippen molar-refractivity contribution in [3.8, 4) is 5.75 Å². The van der Waals surface area contributed by atoms with Gasteiger partial charge in [0.1, 0.15) is 17.9 Å². The summed E-state index contributed by atoms with van der Waals surface area (Å²) in [4.78, 5) is 24.8. The smallest absolute Gasteiger partial charge is 0.328 e. The Labute approximate surface area is 117 Å². The second-order valence-corrected chi connectivity index (χ2v) is 5.24. The summed E-state index contributed by atoms with van der Waals surface area (Å²) in [6.45, 7) is 4.11. The number of carbonyl (C=O) groups excluding carboxylic acids is 1. The van der Waals surface area contributed by atoms with Crippen molar-refractivity contribution in [2.45, 2.75) is 25.9 Å². The molecule has 0 unspecified atom stereocenters. The van der Waals surface area contributed by atoms with Gasteiger partial charge in [-0.05, 0) is 19.9 Å². The average Bonchev–Trinajstić information content (AvgIpc) is 2.60. The van der Waals surface area contributed by atoms with E-state index in [4.69, 9.17) is 9.84 Å². The Balaban J connectivity index is 2.10. The van der Waals surface area contributed by atoms with Crippen LogP contribution in [0, 0.1) is 0 Å². The van der Waals surface area contributed by atoms with Crippen LogP contribution in [-0.2, 0) is 11.3 Å². The van der Waals surface area contributed by atoms with Gasteiger partial charge >= 0.3 is 12.0 Å². The topological polar surface area (TPSA) is 78.9 Å². The van der Waals surface area contributed by atoms with Crippen LogP contribution >= 0.6 is 0 Å². The quantitative estimate of drug-likeness (QED) is 0.858. The van der Waals surface area contributed by atoms with Gasteiger partial charge in [-0.15, -0.1) is 0 Å². The Morgan fingerprint density at radius 2 is 2.05 bits per heavy atom. The number of ether oxygens (including phenoxy) is 1. The standard InChI is InChI=1S/C14H18N2O4/c1-14(2,12(17)18)15-13(19)16-7-8-20-11-6-4-3-5-10(11)9-16/h3-6H,7-9H2,1-2H3,(H,15,19)(H,17,18). The lowest BCUT2D eigenvalue weighted by atomic mass is 10.1. The molecular formula is C14H18N2O4. The summed E-state index contributed by atoms with van der Waals surface area (Å²) in [5.74, 6) is -0.308. The molecule has 2 N–H and O–H groups in total. The van der Waals surface area contributed by atoms with Crippen LogP contribution in [0.2, 0.25) is 0 Å². The number of amides is 2. The molecule has 0 bridgehead atoms. The van der Waals surface area contributed by atoms with Gasteiger partial charge < -0.3 is 20.1 Å². The third-order valence-corrected chi connectivity index (χ3v) is 3.19. The van der Waals surface area contributed by atoms with Gasteiger partial charge in [-0.2, -0.15) is 0 Å². The zero-order valence-corrected chi connectivity index (χ0v) is 11.5. The van der Waals surface area contributed by atoms with Crippen molar-refractivity contribution in [1.82, 2.24) is 10.2 Å². The first-order chi connectivity index (χ1) is 9.40. The Morgan fingerprint density at radius 3 is 2.75 bits per heavy atom. The van der Waals surface area contributed by atoms with E-state index in [2.05, 4.69) is 5.32 Å². The molecule has 0 aromatic heterocycles. The summed E-state index contributed by atoms with van der Waals surface area (Å²) in [5.41, 5.74) is -0.391. The van der Waals surface area contributed by atoms with Gasteiger partial charge in [0.05, 0.1) is 13.1 Å². The number of nitrogens with zero attached hydrogens (tertiary/aromatic N) is 1. The number of nitrogens with one attached hydrogen (secondary N) is 1. The number of aliphatic carboxylic acids is 1. The van der Waals surface area contributed by atoms with Gasteiger partial charge in [0.25, 0.3) is 0 Å². The molecule has 6 nitrogen and oxygen atoms in total. The number of carboxylic acids is 1. The third kappa shape index (κ3) is 3.01. The minimum absolute atomic E-state index is 0.387. The van der Waals surface area contributed by atoms with Crippen molar-refractivity contribution in [2.24, 2.45) is 0 Å². The highest BCUT2D eigenvalue weighted by Crippen LogP contribution is 2.22. The van der Waals surface area contributed by atoms with Crippen molar-refractivity contribution in [2.75, 3.05) is 13.2 Å². The molecule has 1 aromatic carbocycles. The van der Waals surface area contributed by atoms with E-state index in [-0.39, 0.29) is 0 Å². The molecule has 0 spiro atoms. The van der Waals surface area contributed by atoms with Crippen LogP contribution in [0.25, 0.3) is 0 Å². The van der Waals surface area contributed by atoms with Crippen LogP contribution in [0.15, 0.2) is 24.3 Å². The Bertz CT molecular complexity index is 528. The maximum atomic E-state index is 12.2. The number of fused-ring (bicyclic) bond motifs is 1. The number of rotatable bonds is 2. The number of hydrogen-bond acceptors (Lipinski definition) is 3.